The molecule has 4 nitrogen and oxygen atoms in total. The van der Waals surface area contributed by atoms with E-state index in [0.717, 1.165) is 26.1 Å². The molecule has 1 aliphatic rings. The monoisotopic (exact) mass is 298 g/mol. The number of carbonyl (C=O) groups is 1. The second kappa shape index (κ2) is 8.02. The van der Waals surface area contributed by atoms with Crippen LogP contribution in [0, 0.1) is 11.8 Å². The molecule has 0 bridgehead atoms. The molecule has 0 radical (unpaired) electrons. The highest BCUT2D eigenvalue weighted by atomic mass is 16.6. The SMILES string of the molecule is CCCCN1CC(NC(=O)OC(C)(C)C)CC(C(C)C)C1. The average Bonchev–Trinajstić information content (AvgIpc) is 2.33. The van der Waals surface area contributed by atoms with Crippen molar-refractivity contribution in [3.05, 3.63) is 0 Å². The van der Waals surface area contributed by atoms with Crippen LogP contribution in [0.25, 0.3) is 0 Å². The van der Waals surface area contributed by atoms with E-state index in [0.29, 0.717) is 11.8 Å². The first-order chi connectivity index (χ1) is 9.71. The summed E-state index contributed by atoms with van der Waals surface area (Å²) >= 11 is 0. The van der Waals surface area contributed by atoms with Gasteiger partial charge in [-0.15, -0.1) is 0 Å². The number of nitrogens with one attached hydrogen (secondary N) is 1. The lowest BCUT2D eigenvalue weighted by atomic mass is 9.85. The van der Waals surface area contributed by atoms with Gasteiger partial charge in [-0.3, -0.25) is 0 Å². The van der Waals surface area contributed by atoms with Gasteiger partial charge in [0.15, 0.2) is 0 Å². The standard InChI is InChI=1S/C17H34N2O2/c1-7-8-9-19-11-14(13(2)3)10-15(12-19)18-16(20)21-17(4,5)6/h13-15H,7-12H2,1-6H3,(H,18,20). The van der Waals surface area contributed by atoms with Crippen LogP contribution in [0.1, 0.15) is 60.8 Å². The molecule has 1 heterocycles. The molecule has 0 saturated carbocycles. The van der Waals surface area contributed by atoms with Gasteiger partial charge in [-0.2, -0.15) is 0 Å². The summed E-state index contributed by atoms with van der Waals surface area (Å²) in [6.45, 7) is 15.7. The molecule has 2 atom stereocenters. The molecule has 21 heavy (non-hydrogen) atoms. The van der Waals surface area contributed by atoms with Gasteiger partial charge in [-0.25, -0.2) is 4.79 Å². The Kier molecular flexibility index (Phi) is 6.98. The maximum Gasteiger partial charge on any atom is 0.407 e. The van der Waals surface area contributed by atoms with Gasteiger partial charge in [0.25, 0.3) is 0 Å². The van der Waals surface area contributed by atoms with Crippen LogP contribution < -0.4 is 5.32 Å². The Hall–Kier alpha value is -0.770. The Morgan fingerprint density at radius 2 is 2.00 bits per heavy atom. The first-order valence-corrected chi connectivity index (χ1v) is 8.43. The molecular weight excluding hydrogens is 264 g/mol. The van der Waals surface area contributed by atoms with Gasteiger partial charge >= 0.3 is 6.09 Å². The molecule has 1 aliphatic heterocycles. The summed E-state index contributed by atoms with van der Waals surface area (Å²) in [6.07, 6.45) is 3.21. The summed E-state index contributed by atoms with van der Waals surface area (Å²) in [4.78, 5) is 14.5. The Morgan fingerprint density at radius 3 is 2.52 bits per heavy atom. The summed E-state index contributed by atoms with van der Waals surface area (Å²) < 4.78 is 5.38. The molecule has 0 aromatic carbocycles. The summed E-state index contributed by atoms with van der Waals surface area (Å²) in [5.41, 5.74) is -0.432. The highest BCUT2D eigenvalue weighted by Crippen LogP contribution is 2.24. The highest BCUT2D eigenvalue weighted by Gasteiger charge is 2.30. The van der Waals surface area contributed by atoms with Crippen LogP contribution in [-0.4, -0.2) is 42.3 Å². The van der Waals surface area contributed by atoms with Crippen molar-refractivity contribution >= 4 is 6.09 Å². The molecule has 2 unspecified atom stereocenters. The van der Waals surface area contributed by atoms with Crippen LogP contribution in [0.5, 0.6) is 0 Å². The number of hydrogen-bond donors (Lipinski definition) is 1. The van der Waals surface area contributed by atoms with E-state index < -0.39 is 5.60 Å². The zero-order chi connectivity index (χ0) is 16.0. The number of rotatable bonds is 5. The fraction of sp³-hybridized carbons (Fsp3) is 0.941. The third-order valence-corrected chi connectivity index (χ3v) is 4.05. The van der Waals surface area contributed by atoms with Crippen LogP contribution >= 0.6 is 0 Å². The normalized spacial score (nSPS) is 24.1. The number of ether oxygens (including phenoxy) is 1. The zero-order valence-corrected chi connectivity index (χ0v) is 14.7. The van der Waals surface area contributed by atoms with Crippen LogP contribution in [-0.2, 0) is 4.74 Å². The van der Waals surface area contributed by atoms with E-state index in [4.69, 9.17) is 4.74 Å². The van der Waals surface area contributed by atoms with E-state index in [1.54, 1.807) is 0 Å². The fourth-order valence-electron chi connectivity index (χ4n) is 2.86. The number of amides is 1. The predicted molar refractivity (Wildman–Crippen MR) is 87.5 cm³/mol. The maximum absolute atomic E-state index is 12.0. The van der Waals surface area contributed by atoms with Crippen LogP contribution in [0.4, 0.5) is 4.79 Å². The topological polar surface area (TPSA) is 41.6 Å². The molecule has 0 aliphatic carbocycles. The van der Waals surface area contributed by atoms with E-state index >= 15 is 0 Å². The minimum absolute atomic E-state index is 0.206. The number of carbonyl (C=O) groups excluding carboxylic acids is 1. The fourth-order valence-corrected chi connectivity index (χ4v) is 2.86. The van der Waals surface area contributed by atoms with Crippen molar-refractivity contribution in [2.45, 2.75) is 72.4 Å². The van der Waals surface area contributed by atoms with Gasteiger partial charge in [0.1, 0.15) is 5.60 Å². The minimum Gasteiger partial charge on any atom is -0.444 e. The smallest absolute Gasteiger partial charge is 0.407 e. The van der Waals surface area contributed by atoms with E-state index in [1.165, 1.54) is 12.8 Å². The van der Waals surface area contributed by atoms with E-state index in [1.807, 2.05) is 20.8 Å². The van der Waals surface area contributed by atoms with Crippen molar-refractivity contribution in [2.24, 2.45) is 11.8 Å². The maximum atomic E-state index is 12.0. The largest absolute Gasteiger partial charge is 0.444 e. The first kappa shape index (κ1) is 18.3. The summed E-state index contributed by atoms with van der Waals surface area (Å²) in [6, 6.07) is 0.206. The lowest BCUT2D eigenvalue weighted by Crippen LogP contribution is -2.52. The average molecular weight is 298 g/mol. The molecule has 0 aromatic rings. The number of nitrogens with zero attached hydrogens (tertiary/aromatic N) is 1. The predicted octanol–water partition coefficient (Wildman–Crippen LogP) is 3.66. The van der Waals surface area contributed by atoms with Gasteiger partial charge < -0.3 is 15.0 Å². The lowest BCUT2D eigenvalue weighted by Gasteiger charge is -2.40. The van der Waals surface area contributed by atoms with Gasteiger partial charge in [-0.05, 0) is 52.0 Å². The Balaban J connectivity index is 2.56. The van der Waals surface area contributed by atoms with Gasteiger partial charge in [0.2, 0.25) is 0 Å². The van der Waals surface area contributed by atoms with Crippen molar-refractivity contribution in [2.75, 3.05) is 19.6 Å². The number of likely N-dealkylation sites (tertiary alicyclic amines) is 1. The Bertz CT molecular complexity index is 323. The number of piperidine rings is 1. The van der Waals surface area contributed by atoms with Crippen LogP contribution in [0.15, 0.2) is 0 Å². The molecule has 1 saturated heterocycles. The molecule has 4 heteroatoms. The van der Waals surface area contributed by atoms with Gasteiger partial charge in [0, 0.05) is 19.1 Å². The summed E-state index contributed by atoms with van der Waals surface area (Å²) in [5, 5.41) is 3.06. The molecule has 124 valence electrons. The molecule has 1 fully saturated rings. The molecule has 0 aromatic heterocycles. The van der Waals surface area contributed by atoms with Crippen molar-refractivity contribution in [1.82, 2.24) is 10.2 Å². The van der Waals surface area contributed by atoms with E-state index in [9.17, 15) is 4.79 Å². The third kappa shape index (κ3) is 7.16. The number of alkyl carbamates (subject to hydrolysis) is 1. The summed E-state index contributed by atoms with van der Waals surface area (Å²) in [7, 11) is 0. The van der Waals surface area contributed by atoms with Gasteiger partial charge in [0.05, 0.1) is 0 Å². The van der Waals surface area contributed by atoms with Crippen molar-refractivity contribution in [3.63, 3.8) is 0 Å². The van der Waals surface area contributed by atoms with Crippen molar-refractivity contribution in [1.29, 1.82) is 0 Å². The molecule has 1 N–H and O–H groups in total. The molecule has 0 spiro atoms. The van der Waals surface area contributed by atoms with Gasteiger partial charge in [-0.1, -0.05) is 27.2 Å². The zero-order valence-electron chi connectivity index (χ0n) is 14.7. The third-order valence-electron chi connectivity index (χ3n) is 4.05. The van der Waals surface area contributed by atoms with E-state index in [2.05, 4.69) is 31.0 Å². The Morgan fingerprint density at radius 1 is 1.33 bits per heavy atom. The highest BCUT2D eigenvalue weighted by molar-refractivity contribution is 5.68. The first-order valence-electron chi connectivity index (χ1n) is 8.43. The number of unbranched alkanes of at least 4 members (excludes halogenated alkanes) is 1. The van der Waals surface area contributed by atoms with Crippen molar-refractivity contribution in [3.8, 4) is 0 Å². The van der Waals surface area contributed by atoms with E-state index in [-0.39, 0.29) is 12.1 Å². The molecular formula is C17H34N2O2. The Labute approximate surface area is 130 Å². The summed E-state index contributed by atoms with van der Waals surface area (Å²) in [5.74, 6) is 1.30. The van der Waals surface area contributed by atoms with Crippen LogP contribution in [0.3, 0.4) is 0 Å². The molecule has 1 rings (SSSR count). The van der Waals surface area contributed by atoms with Crippen LogP contribution in [0.2, 0.25) is 0 Å². The second-order valence-corrected chi connectivity index (χ2v) is 7.70. The lowest BCUT2D eigenvalue weighted by molar-refractivity contribution is 0.0429. The van der Waals surface area contributed by atoms with Crippen molar-refractivity contribution < 1.29 is 9.53 Å². The second-order valence-electron chi connectivity index (χ2n) is 7.70. The number of hydrogen-bond acceptors (Lipinski definition) is 3. The quantitative estimate of drug-likeness (QED) is 0.842. The molecule has 1 amide bonds. The minimum atomic E-state index is -0.432.